The zero-order chi connectivity index (χ0) is 20.4. The molecule has 1 N–H and O–H groups in total. The summed E-state index contributed by atoms with van der Waals surface area (Å²) in [5.41, 5.74) is 6.35. The largest absolute Gasteiger partial charge is 0.493 e. The molecule has 0 aromatic heterocycles. The molecular formula is C24H40N2O2. The Morgan fingerprint density at radius 2 is 1.82 bits per heavy atom. The number of unbranched alkanes of at least 4 members (excludes halogenated alkanes) is 1. The van der Waals surface area contributed by atoms with Crippen LogP contribution < -0.4 is 14.9 Å². The first-order valence-corrected chi connectivity index (χ1v) is 11.1. The van der Waals surface area contributed by atoms with Gasteiger partial charge in [0.1, 0.15) is 0 Å². The van der Waals surface area contributed by atoms with Crippen molar-refractivity contribution in [3.05, 3.63) is 35.5 Å². The third-order valence-electron chi connectivity index (χ3n) is 5.81. The Morgan fingerprint density at radius 1 is 1.04 bits per heavy atom. The van der Waals surface area contributed by atoms with Crippen LogP contribution in [0.1, 0.15) is 71.3 Å². The highest BCUT2D eigenvalue weighted by Gasteiger charge is 2.25. The number of benzene rings is 1. The molecule has 0 aliphatic carbocycles. The SMILES string of the molecule is CCCCC(Cc1ccc(OC)c(OC)c1)CC(CCC)N1CC=C(CC)N1. The van der Waals surface area contributed by atoms with Crippen molar-refractivity contribution < 1.29 is 9.47 Å². The van der Waals surface area contributed by atoms with Gasteiger partial charge in [-0.05, 0) is 55.4 Å². The van der Waals surface area contributed by atoms with Crippen LogP contribution in [0.3, 0.4) is 0 Å². The number of methoxy groups -OCH3 is 2. The molecular weight excluding hydrogens is 348 g/mol. The molecule has 4 heteroatoms. The minimum absolute atomic E-state index is 0.590. The number of allylic oxidation sites excluding steroid dienone is 1. The maximum absolute atomic E-state index is 5.51. The van der Waals surface area contributed by atoms with Gasteiger partial charge in [0.25, 0.3) is 0 Å². The lowest BCUT2D eigenvalue weighted by Gasteiger charge is -2.32. The fourth-order valence-electron chi connectivity index (χ4n) is 4.20. The van der Waals surface area contributed by atoms with E-state index in [9.17, 15) is 0 Å². The first-order valence-electron chi connectivity index (χ1n) is 11.1. The topological polar surface area (TPSA) is 33.7 Å². The first-order chi connectivity index (χ1) is 13.6. The Bertz CT molecular complexity index is 615. The van der Waals surface area contributed by atoms with Crippen LogP contribution in [-0.4, -0.2) is 31.8 Å². The molecule has 0 bridgehead atoms. The van der Waals surface area contributed by atoms with Crippen LogP contribution >= 0.6 is 0 Å². The van der Waals surface area contributed by atoms with Gasteiger partial charge in [0.05, 0.1) is 14.2 Å². The molecule has 1 aromatic carbocycles. The van der Waals surface area contributed by atoms with Crippen molar-refractivity contribution in [3.8, 4) is 11.5 Å². The quantitative estimate of drug-likeness (QED) is 0.468. The summed E-state index contributed by atoms with van der Waals surface area (Å²) < 4.78 is 10.9. The molecule has 1 aliphatic heterocycles. The molecule has 0 spiro atoms. The normalized spacial score (nSPS) is 16.4. The average Bonchev–Trinajstić information content (AvgIpc) is 3.20. The summed E-state index contributed by atoms with van der Waals surface area (Å²) in [5.74, 6) is 2.32. The Labute approximate surface area is 172 Å². The van der Waals surface area contributed by atoms with E-state index in [0.29, 0.717) is 12.0 Å². The van der Waals surface area contributed by atoms with Gasteiger partial charge in [-0.2, -0.15) is 0 Å². The summed E-state index contributed by atoms with van der Waals surface area (Å²) >= 11 is 0. The van der Waals surface area contributed by atoms with E-state index in [1.165, 1.54) is 49.8 Å². The number of hydrogen-bond donors (Lipinski definition) is 1. The summed E-state index contributed by atoms with van der Waals surface area (Å²) in [6.07, 6.45) is 12.1. The van der Waals surface area contributed by atoms with E-state index in [4.69, 9.17) is 9.47 Å². The van der Waals surface area contributed by atoms with E-state index in [1.807, 2.05) is 6.07 Å². The number of hydrazine groups is 1. The predicted molar refractivity (Wildman–Crippen MR) is 118 cm³/mol. The molecule has 28 heavy (non-hydrogen) atoms. The molecule has 0 radical (unpaired) electrons. The second-order valence-corrected chi connectivity index (χ2v) is 7.93. The molecule has 2 rings (SSSR count). The molecule has 1 aliphatic rings. The maximum atomic E-state index is 5.51. The number of nitrogens with one attached hydrogen (secondary N) is 1. The summed E-state index contributed by atoms with van der Waals surface area (Å²) in [6, 6.07) is 6.97. The van der Waals surface area contributed by atoms with E-state index in [1.54, 1.807) is 14.2 Å². The Hall–Kier alpha value is -1.68. The predicted octanol–water partition coefficient (Wildman–Crippen LogP) is 5.73. The Morgan fingerprint density at radius 3 is 2.43 bits per heavy atom. The highest BCUT2D eigenvalue weighted by atomic mass is 16.5. The Balaban J connectivity index is 2.08. The van der Waals surface area contributed by atoms with Gasteiger partial charge in [0.2, 0.25) is 0 Å². The smallest absolute Gasteiger partial charge is 0.160 e. The van der Waals surface area contributed by atoms with Crippen molar-refractivity contribution in [2.24, 2.45) is 5.92 Å². The van der Waals surface area contributed by atoms with Gasteiger partial charge in [-0.15, -0.1) is 0 Å². The molecule has 2 unspecified atom stereocenters. The molecule has 0 amide bonds. The monoisotopic (exact) mass is 388 g/mol. The van der Waals surface area contributed by atoms with Gasteiger partial charge in [0, 0.05) is 18.3 Å². The van der Waals surface area contributed by atoms with Gasteiger partial charge in [0.15, 0.2) is 11.5 Å². The van der Waals surface area contributed by atoms with E-state index in [-0.39, 0.29) is 0 Å². The minimum Gasteiger partial charge on any atom is -0.493 e. The van der Waals surface area contributed by atoms with Crippen molar-refractivity contribution in [2.75, 3.05) is 20.8 Å². The third-order valence-corrected chi connectivity index (χ3v) is 5.81. The molecule has 0 fully saturated rings. The second-order valence-electron chi connectivity index (χ2n) is 7.93. The lowest BCUT2D eigenvalue weighted by molar-refractivity contribution is 0.138. The lowest BCUT2D eigenvalue weighted by Crippen LogP contribution is -2.42. The maximum Gasteiger partial charge on any atom is 0.160 e. The molecule has 4 nitrogen and oxygen atoms in total. The van der Waals surface area contributed by atoms with Gasteiger partial charge < -0.3 is 14.9 Å². The van der Waals surface area contributed by atoms with Crippen LogP contribution in [-0.2, 0) is 6.42 Å². The van der Waals surface area contributed by atoms with E-state index in [0.717, 1.165) is 30.9 Å². The summed E-state index contributed by atoms with van der Waals surface area (Å²) in [7, 11) is 3.41. The standard InChI is InChI=1S/C24H40N2O2/c1-6-9-11-19(16-20-12-13-23(27-4)24(18-20)28-5)17-22(10-7-2)26-15-14-21(8-3)25-26/h12-14,18-19,22,25H,6-11,15-17H2,1-5H3. The lowest BCUT2D eigenvalue weighted by atomic mass is 9.87. The van der Waals surface area contributed by atoms with E-state index >= 15 is 0 Å². The van der Waals surface area contributed by atoms with Crippen LogP contribution in [0.4, 0.5) is 0 Å². The van der Waals surface area contributed by atoms with Crippen LogP contribution in [0.5, 0.6) is 11.5 Å². The molecule has 0 saturated carbocycles. The van der Waals surface area contributed by atoms with E-state index < -0.39 is 0 Å². The van der Waals surface area contributed by atoms with Crippen molar-refractivity contribution in [1.29, 1.82) is 0 Å². The molecule has 1 heterocycles. The summed E-state index contributed by atoms with van der Waals surface area (Å²) in [6.45, 7) is 7.84. The van der Waals surface area contributed by atoms with Gasteiger partial charge in [-0.25, -0.2) is 5.01 Å². The van der Waals surface area contributed by atoms with Crippen molar-refractivity contribution in [1.82, 2.24) is 10.4 Å². The fraction of sp³-hybridized carbons (Fsp3) is 0.667. The summed E-state index contributed by atoms with van der Waals surface area (Å²) in [5, 5.41) is 2.47. The van der Waals surface area contributed by atoms with Crippen molar-refractivity contribution in [2.45, 2.75) is 78.2 Å². The zero-order valence-electron chi connectivity index (χ0n) is 18.6. The highest BCUT2D eigenvalue weighted by molar-refractivity contribution is 5.43. The average molecular weight is 389 g/mol. The second kappa shape index (κ2) is 12.0. The van der Waals surface area contributed by atoms with Crippen LogP contribution in [0.25, 0.3) is 0 Å². The van der Waals surface area contributed by atoms with Gasteiger partial charge >= 0.3 is 0 Å². The number of rotatable bonds is 13. The molecule has 1 aromatic rings. The summed E-state index contributed by atoms with van der Waals surface area (Å²) in [4.78, 5) is 0. The first kappa shape index (κ1) is 22.6. The van der Waals surface area contributed by atoms with Gasteiger partial charge in [-0.3, -0.25) is 0 Å². The van der Waals surface area contributed by atoms with Crippen LogP contribution in [0.15, 0.2) is 30.0 Å². The van der Waals surface area contributed by atoms with Crippen LogP contribution in [0.2, 0.25) is 0 Å². The Kier molecular flexibility index (Phi) is 9.69. The van der Waals surface area contributed by atoms with Crippen LogP contribution in [0, 0.1) is 5.92 Å². The van der Waals surface area contributed by atoms with Crippen molar-refractivity contribution in [3.63, 3.8) is 0 Å². The molecule has 0 saturated heterocycles. The third kappa shape index (κ3) is 6.44. The number of hydrogen-bond acceptors (Lipinski definition) is 4. The molecule has 158 valence electrons. The number of nitrogens with zero attached hydrogens (tertiary/aromatic N) is 1. The minimum atomic E-state index is 0.590. The van der Waals surface area contributed by atoms with E-state index in [2.05, 4.69) is 49.4 Å². The highest BCUT2D eigenvalue weighted by Crippen LogP contribution is 2.31. The van der Waals surface area contributed by atoms with Crippen molar-refractivity contribution >= 4 is 0 Å². The molecule has 2 atom stereocenters. The fourth-order valence-corrected chi connectivity index (χ4v) is 4.20. The van der Waals surface area contributed by atoms with Gasteiger partial charge in [-0.1, -0.05) is 52.5 Å². The zero-order valence-corrected chi connectivity index (χ0v) is 18.6. The number of ether oxygens (including phenoxy) is 2.